The van der Waals surface area contributed by atoms with E-state index in [2.05, 4.69) is 11.7 Å². The van der Waals surface area contributed by atoms with Crippen molar-refractivity contribution in [1.82, 2.24) is 4.90 Å². The van der Waals surface area contributed by atoms with Crippen molar-refractivity contribution in [1.29, 1.82) is 0 Å². The molecule has 4 nitrogen and oxygen atoms in total. The van der Waals surface area contributed by atoms with E-state index in [1.54, 1.807) is 0 Å². The zero-order chi connectivity index (χ0) is 12.7. The van der Waals surface area contributed by atoms with Crippen LogP contribution in [0.2, 0.25) is 0 Å². The lowest BCUT2D eigenvalue weighted by Crippen LogP contribution is -2.31. The molecule has 0 aromatic carbocycles. The van der Waals surface area contributed by atoms with Crippen LogP contribution in [0.15, 0.2) is 0 Å². The van der Waals surface area contributed by atoms with Gasteiger partial charge in [-0.2, -0.15) is 0 Å². The van der Waals surface area contributed by atoms with Crippen molar-refractivity contribution < 1.29 is 14.3 Å². The highest BCUT2D eigenvalue weighted by Crippen LogP contribution is 2.21. The number of methoxy groups -OCH3 is 1. The molecule has 4 heteroatoms. The molecular weight excluding hydrogens is 218 g/mol. The van der Waals surface area contributed by atoms with Gasteiger partial charge in [0.25, 0.3) is 0 Å². The van der Waals surface area contributed by atoms with E-state index in [0.29, 0.717) is 31.7 Å². The molecule has 0 aromatic rings. The topological polar surface area (TPSA) is 46.6 Å². The molecule has 0 aliphatic carbocycles. The molecule has 0 N–H and O–H groups in total. The van der Waals surface area contributed by atoms with Crippen LogP contribution in [-0.4, -0.2) is 37.0 Å². The van der Waals surface area contributed by atoms with Gasteiger partial charge in [0.1, 0.15) is 0 Å². The van der Waals surface area contributed by atoms with Gasteiger partial charge in [0.2, 0.25) is 5.91 Å². The van der Waals surface area contributed by atoms with Gasteiger partial charge in [-0.1, -0.05) is 13.3 Å². The number of hydrogen-bond donors (Lipinski definition) is 0. The van der Waals surface area contributed by atoms with E-state index < -0.39 is 0 Å². The number of rotatable bonds is 5. The molecule has 1 saturated heterocycles. The van der Waals surface area contributed by atoms with Crippen LogP contribution >= 0.6 is 0 Å². The summed E-state index contributed by atoms with van der Waals surface area (Å²) in [5, 5.41) is 0. The number of esters is 1. The molecule has 98 valence electrons. The van der Waals surface area contributed by atoms with Crippen LogP contribution < -0.4 is 0 Å². The van der Waals surface area contributed by atoms with Gasteiger partial charge in [-0.25, -0.2) is 0 Å². The summed E-state index contributed by atoms with van der Waals surface area (Å²) >= 11 is 0. The summed E-state index contributed by atoms with van der Waals surface area (Å²) in [6.45, 7) is 3.71. The molecule has 1 aliphatic heterocycles. The zero-order valence-electron chi connectivity index (χ0n) is 10.9. The maximum atomic E-state index is 11.8. The molecular formula is C13H23NO3. The number of likely N-dealkylation sites (tertiary alicyclic amines) is 1. The normalized spacial score (nSPS) is 21.2. The van der Waals surface area contributed by atoms with Gasteiger partial charge in [0.15, 0.2) is 0 Å². The minimum atomic E-state index is -0.196. The van der Waals surface area contributed by atoms with Crippen LogP contribution in [0, 0.1) is 5.92 Å². The van der Waals surface area contributed by atoms with E-state index in [1.165, 1.54) is 7.11 Å². The molecule has 1 unspecified atom stereocenters. The van der Waals surface area contributed by atoms with Crippen LogP contribution in [-0.2, 0) is 14.3 Å². The Morgan fingerprint density at radius 1 is 1.47 bits per heavy atom. The van der Waals surface area contributed by atoms with Gasteiger partial charge in [-0.3, -0.25) is 9.59 Å². The Labute approximate surface area is 103 Å². The Balaban J connectivity index is 2.31. The zero-order valence-corrected chi connectivity index (χ0v) is 10.9. The summed E-state index contributed by atoms with van der Waals surface area (Å²) in [6.07, 6.45) is 5.04. The van der Waals surface area contributed by atoms with E-state index in [-0.39, 0.29) is 11.9 Å². The summed E-state index contributed by atoms with van der Waals surface area (Å²) in [5.74, 6) is 0.731. The number of carbonyl (C=O) groups excluding carboxylic acids is 2. The van der Waals surface area contributed by atoms with Crippen molar-refractivity contribution in [2.24, 2.45) is 5.92 Å². The predicted octanol–water partition coefficient (Wildman–Crippen LogP) is 1.98. The second-order valence-corrected chi connectivity index (χ2v) is 4.66. The molecule has 1 heterocycles. The first-order valence-electron chi connectivity index (χ1n) is 6.52. The molecule has 0 spiro atoms. The highest BCUT2D eigenvalue weighted by atomic mass is 16.5. The Bertz CT molecular complexity index is 265. The van der Waals surface area contributed by atoms with Crippen LogP contribution in [0.3, 0.4) is 0 Å². The molecule has 0 aromatic heterocycles. The Kier molecular flexibility index (Phi) is 6.01. The molecule has 1 rings (SSSR count). The molecule has 1 aliphatic rings. The first-order valence-corrected chi connectivity index (χ1v) is 6.52. The minimum Gasteiger partial charge on any atom is -0.469 e. The van der Waals surface area contributed by atoms with Crippen molar-refractivity contribution in [2.45, 2.75) is 45.4 Å². The van der Waals surface area contributed by atoms with Crippen molar-refractivity contribution in [3.63, 3.8) is 0 Å². The molecule has 0 radical (unpaired) electrons. The minimum absolute atomic E-state index is 0.196. The van der Waals surface area contributed by atoms with E-state index in [1.807, 2.05) is 4.90 Å². The average molecular weight is 241 g/mol. The molecule has 1 fully saturated rings. The molecule has 0 saturated carbocycles. The lowest BCUT2D eigenvalue weighted by Gasteiger charge is -2.20. The van der Waals surface area contributed by atoms with Crippen LogP contribution in [0.25, 0.3) is 0 Å². The van der Waals surface area contributed by atoms with E-state index in [9.17, 15) is 9.59 Å². The van der Waals surface area contributed by atoms with E-state index >= 15 is 0 Å². The first-order chi connectivity index (χ1) is 8.17. The van der Waals surface area contributed by atoms with Crippen LogP contribution in [0.1, 0.15) is 45.4 Å². The standard InChI is InChI=1S/C13H23NO3/c1-3-11-6-7-12(15)14(10-8-11)9-4-5-13(16)17-2/h11H,3-10H2,1-2H3. The summed E-state index contributed by atoms with van der Waals surface area (Å²) in [5.41, 5.74) is 0. The van der Waals surface area contributed by atoms with E-state index in [0.717, 1.165) is 25.8 Å². The third-order valence-electron chi connectivity index (χ3n) is 3.54. The highest BCUT2D eigenvalue weighted by Gasteiger charge is 2.21. The molecule has 1 amide bonds. The predicted molar refractivity (Wildman–Crippen MR) is 65.5 cm³/mol. The summed E-state index contributed by atoms with van der Waals surface area (Å²) in [6, 6.07) is 0. The Morgan fingerprint density at radius 3 is 2.88 bits per heavy atom. The quantitative estimate of drug-likeness (QED) is 0.691. The SMILES string of the molecule is CCC1CCC(=O)N(CCCC(=O)OC)CC1. The number of ether oxygens (including phenoxy) is 1. The van der Waals surface area contributed by atoms with Crippen molar-refractivity contribution in [3.8, 4) is 0 Å². The van der Waals surface area contributed by atoms with Crippen molar-refractivity contribution >= 4 is 11.9 Å². The number of hydrogen-bond acceptors (Lipinski definition) is 3. The van der Waals surface area contributed by atoms with Gasteiger partial charge in [0, 0.05) is 25.9 Å². The molecule has 1 atom stereocenters. The van der Waals surface area contributed by atoms with Gasteiger partial charge in [0.05, 0.1) is 7.11 Å². The first kappa shape index (κ1) is 14.0. The summed E-state index contributed by atoms with van der Waals surface area (Å²) in [4.78, 5) is 24.7. The Hall–Kier alpha value is -1.06. The fourth-order valence-electron chi connectivity index (χ4n) is 2.25. The Morgan fingerprint density at radius 2 is 2.24 bits per heavy atom. The van der Waals surface area contributed by atoms with Gasteiger partial charge in [-0.05, 0) is 25.2 Å². The second kappa shape index (κ2) is 7.30. The van der Waals surface area contributed by atoms with Gasteiger partial charge < -0.3 is 9.64 Å². The lowest BCUT2D eigenvalue weighted by atomic mass is 9.98. The fraction of sp³-hybridized carbons (Fsp3) is 0.846. The van der Waals surface area contributed by atoms with E-state index in [4.69, 9.17) is 0 Å². The van der Waals surface area contributed by atoms with Crippen molar-refractivity contribution in [3.05, 3.63) is 0 Å². The number of nitrogens with zero attached hydrogens (tertiary/aromatic N) is 1. The molecule has 17 heavy (non-hydrogen) atoms. The third-order valence-corrected chi connectivity index (χ3v) is 3.54. The summed E-state index contributed by atoms with van der Waals surface area (Å²) in [7, 11) is 1.39. The maximum Gasteiger partial charge on any atom is 0.305 e. The lowest BCUT2D eigenvalue weighted by molar-refractivity contribution is -0.141. The van der Waals surface area contributed by atoms with Crippen molar-refractivity contribution in [2.75, 3.05) is 20.2 Å². The summed E-state index contributed by atoms with van der Waals surface area (Å²) < 4.78 is 4.58. The fourth-order valence-corrected chi connectivity index (χ4v) is 2.25. The van der Waals surface area contributed by atoms with Crippen LogP contribution in [0.4, 0.5) is 0 Å². The smallest absolute Gasteiger partial charge is 0.305 e. The highest BCUT2D eigenvalue weighted by molar-refractivity contribution is 5.76. The third kappa shape index (κ3) is 4.75. The molecule has 0 bridgehead atoms. The maximum absolute atomic E-state index is 11.8. The van der Waals surface area contributed by atoms with Crippen LogP contribution in [0.5, 0.6) is 0 Å². The second-order valence-electron chi connectivity index (χ2n) is 4.66. The average Bonchev–Trinajstić information content (AvgIpc) is 2.52. The monoisotopic (exact) mass is 241 g/mol. The van der Waals surface area contributed by atoms with Gasteiger partial charge in [-0.15, -0.1) is 0 Å². The van der Waals surface area contributed by atoms with Gasteiger partial charge >= 0.3 is 5.97 Å². The number of amides is 1. The largest absolute Gasteiger partial charge is 0.469 e. The number of carbonyl (C=O) groups is 2.